The number of hydrogen-bond acceptors (Lipinski definition) is 5. The van der Waals surface area contributed by atoms with Gasteiger partial charge in [0.15, 0.2) is 5.03 Å². The van der Waals surface area contributed by atoms with Gasteiger partial charge >= 0.3 is 0 Å². The first-order chi connectivity index (χ1) is 7.99. The maximum atomic E-state index is 12.0. The van der Waals surface area contributed by atoms with E-state index in [0.717, 1.165) is 25.7 Å². The summed E-state index contributed by atoms with van der Waals surface area (Å²) in [5.41, 5.74) is 5.78. The first-order valence-corrected chi connectivity index (χ1v) is 7.10. The maximum absolute atomic E-state index is 12.0. The van der Waals surface area contributed by atoms with E-state index in [0.29, 0.717) is 0 Å². The molecule has 1 fully saturated rings. The van der Waals surface area contributed by atoms with E-state index >= 15 is 0 Å². The highest BCUT2D eigenvalue weighted by atomic mass is 32.2. The first-order valence-electron chi connectivity index (χ1n) is 5.61. The van der Waals surface area contributed by atoms with Crippen LogP contribution >= 0.6 is 0 Å². The quantitative estimate of drug-likeness (QED) is 0.752. The van der Waals surface area contributed by atoms with Crippen molar-refractivity contribution in [1.82, 2.24) is 19.7 Å². The van der Waals surface area contributed by atoms with Gasteiger partial charge in [-0.15, -0.1) is 5.10 Å². The van der Waals surface area contributed by atoms with Crippen LogP contribution in [0.4, 0.5) is 0 Å². The number of sulfonamides is 1. The van der Waals surface area contributed by atoms with Crippen molar-refractivity contribution in [2.75, 3.05) is 0 Å². The molecule has 0 saturated heterocycles. The van der Waals surface area contributed by atoms with E-state index in [2.05, 4.69) is 15.0 Å². The average Bonchev–Trinajstić information content (AvgIpc) is 2.68. The van der Waals surface area contributed by atoms with Gasteiger partial charge in [0.2, 0.25) is 0 Å². The Labute approximate surface area is 100 Å². The fraction of sp³-hybridized carbons (Fsp3) is 0.778. The zero-order valence-electron chi connectivity index (χ0n) is 9.70. The van der Waals surface area contributed by atoms with Crippen molar-refractivity contribution in [2.24, 2.45) is 12.8 Å². The van der Waals surface area contributed by atoms with E-state index in [1.165, 1.54) is 10.9 Å². The van der Waals surface area contributed by atoms with Gasteiger partial charge in [-0.1, -0.05) is 5.21 Å². The van der Waals surface area contributed by atoms with E-state index in [1.807, 2.05) is 0 Å². The zero-order chi connectivity index (χ0) is 12.5. The summed E-state index contributed by atoms with van der Waals surface area (Å²) in [7, 11) is -1.96. The molecule has 0 spiro atoms. The summed E-state index contributed by atoms with van der Waals surface area (Å²) < 4.78 is 28.0. The van der Waals surface area contributed by atoms with Gasteiger partial charge in [0, 0.05) is 19.1 Å². The molecule has 1 aromatic heterocycles. The van der Waals surface area contributed by atoms with Crippen LogP contribution in [0.25, 0.3) is 0 Å². The number of aryl methyl sites for hydroxylation is 1. The average molecular weight is 259 g/mol. The van der Waals surface area contributed by atoms with Crippen LogP contribution in [0, 0.1) is 0 Å². The molecule has 0 atom stereocenters. The molecule has 1 aliphatic rings. The Hall–Kier alpha value is -0.990. The fourth-order valence-electron chi connectivity index (χ4n) is 2.04. The molecule has 1 aromatic rings. The van der Waals surface area contributed by atoms with E-state index in [-0.39, 0.29) is 17.1 Å². The Bertz CT molecular complexity index is 475. The van der Waals surface area contributed by atoms with Crippen LogP contribution in [-0.4, -0.2) is 35.5 Å². The number of nitrogens with two attached hydrogens (primary N) is 1. The minimum Gasteiger partial charge on any atom is -0.328 e. The van der Waals surface area contributed by atoms with Gasteiger partial charge in [0.05, 0.1) is 6.20 Å². The molecule has 3 N–H and O–H groups in total. The van der Waals surface area contributed by atoms with Crippen molar-refractivity contribution in [1.29, 1.82) is 0 Å². The third kappa shape index (κ3) is 2.82. The molecule has 7 nitrogen and oxygen atoms in total. The van der Waals surface area contributed by atoms with Gasteiger partial charge in [-0.2, -0.15) is 0 Å². The van der Waals surface area contributed by atoms with E-state index in [1.54, 1.807) is 7.05 Å². The summed E-state index contributed by atoms with van der Waals surface area (Å²) in [6, 6.07) is 0.170. The second-order valence-corrected chi connectivity index (χ2v) is 6.09. The SMILES string of the molecule is Cn1nncc1S(=O)(=O)NC1CCC(N)CC1. The van der Waals surface area contributed by atoms with Crippen LogP contribution in [0.1, 0.15) is 25.7 Å². The Kier molecular flexibility index (Phi) is 3.45. The number of rotatable bonds is 3. The van der Waals surface area contributed by atoms with Crippen LogP contribution in [0.15, 0.2) is 11.2 Å². The molecule has 0 aliphatic heterocycles. The lowest BCUT2D eigenvalue weighted by molar-refractivity contribution is 0.373. The molecule has 1 aliphatic carbocycles. The Balaban J connectivity index is 2.06. The summed E-state index contributed by atoms with van der Waals surface area (Å²) in [5.74, 6) is 0. The molecular formula is C9H17N5O2S. The van der Waals surface area contributed by atoms with Gasteiger partial charge in [-0.05, 0) is 25.7 Å². The summed E-state index contributed by atoms with van der Waals surface area (Å²) in [5, 5.41) is 7.27. The lowest BCUT2D eigenvalue weighted by Crippen LogP contribution is -2.40. The first kappa shape index (κ1) is 12.5. The second kappa shape index (κ2) is 4.71. The Morgan fingerprint density at radius 3 is 2.59 bits per heavy atom. The Morgan fingerprint density at radius 1 is 1.41 bits per heavy atom. The van der Waals surface area contributed by atoms with Gasteiger partial charge in [-0.25, -0.2) is 17.8 Å². The van der Waals surface area contributed by atoms with Crippen LogP contribution in [0.5, 0.6) is 0 Å². The van der Waals surface area contributed by atoms with Crippen LogP contribution in [0.2, 0.25) is 0 Å². The van der Waals surface area contributed by atoms with Crippen molar-refractivity contribution < 1.29 is 8.42 Å². The van der Waals surface area contributed by atoms with Crippen molar-refractivity contribution >= 4 is 10.0 Å². The minimum atomic E-state index is -3.52. The standard InChI is InChI=1S/C9H17N5O2S/c1-14-9(6-11-13-14)17(15,16)12-8-4-2-7(10)3-5-8/h6-8,12H,2-5,10H2,1H3. The van der Waals surface area contributed by atoms with Crippen molar-refractivity contribution in [3.63, 3.8) is 0 Å². The molecule has 0 aromatic carbocycles. The van der Waals surface area contributed by atoms with Crippen LogP contribution in [-0.2, 0) is 17.1 Å². The normalized spacial score (nSPS) is 26.0. The predicted octanol–water partition coefficient (Wildman–Crippen LogP) is -0.637. The van der Waals surface area contributed by atoms with Crippen molar-refractivity contribution in [3.8, 4) is 0 Å². The Morgan fingerprint density at radius 2 is 2.06 bits per heavy atom. The third-order valence-corrected chi connectivity index (χ3v) is 4.61. The molecular weight excluding hydrogens is 242 g/mol. The van der Waals surface area contributed by atoms with Crippen molar-refractivity contribution in [2.45, 2.75) is 42.8 Å². The summed E-state index contributed by atoms with van der Waals surface area (Å²) in [6.07, 6.45) is 4.53. The van der Waals surface area contributed by atoms with E-state index < -0.39 is 10.0 Å². The minimum absolute atomic E-state index is 0.0327. The lowest BCUT2D eigenvalue weighted by Gasteiger charge is -2.26. The highest BCUT2D eigenvalue weighted by Crippen LogP contribution is 2.18. The molecule has 2 rings (SSSR count). The molecule has 8 heteroatoms. The van der Waals surface area contributed by atoms with Gasteiger partial charge in [-0.3, -0.25) is 0 Å². The van der Waals surface area contributed by atoms with Crippen LogP contribution < -0.4 is 10.5 Å². The maximum Gasteiger partial charge on any atom is 0.259 e. The van der Waals surface area contributed by atoms with Gasteiger partial charge in [0.25, 0.3) is 10.0 Å². The van der Waals surface area contributed by atoms with Gasteiger partial charge < -0.3 is 5.73 Å². The lowest BCUT2D eigenvalue weighted by atomic mass is 9.93. The van der Waals surface area contributed by atoms with E-state index in [9.17, 15) is 8.42 Å². The topological polar surface area (TPSA) is 103 Å². The molecule has 96 valence electrons. The summed E-state index contributed by atoms with van der Waals surface area (Å²) >= 11 is 0. The highest BCUT2D eigenvalue weighted by molar-refractivity contribution is 7.89. The smallest absolute Gasteiger partial charge is 0.259 e. The molecule has 0 amide bonds. The molecule has 0 bridgehead atoms. The largest absolute Gasteiger partial charge is 0.328 e. The number of hydrogen-bond donors (Lipinski definition) is 2. The monoisotopic (exact) mass is 259 g/mol. The molecule has 1 heterocycles. The predicted molar refractivity (Wildman–Crippen MR) is 61.6 cm³/mol. The molecule has 1 saturated carbocycles. The summed E-state index contributed by atoms with van der Waals surface area (Å²) in [4.78, 5) is 0. The van der Waals surface area contributed by atoms with Gasteiger partial charge in [0.1, 0.15) is 0 Å². The highest BCUT2D eigenvalue weighted by Gasteiger charge is 2.26. The number of nitrogens with one attached hydrogen (secondary N) is 1. The molecule has 0 unspecified atom stereocenters. The van der Waals surface area contributed by atoms with Crippen molar-refractivity contribution in [3.05, 3.63) is 6.20 Å². The number of aromatic nitrogens is 3. The molecule has 17 heavy (non-hydrogen) atoms. The molecule has 0 radical (unpaired) electrons. The fourth-order valence-corrected chi connectivity index (χ4v) is 3.41. The third-order valence-electron chi connectivity index (χ3n) is 3.04. The summed E-state index contributed by atoms with van der Waals surface area (Å²) in [6.45, 7) is 0. The second-order valence-electron chi connectivity index (χ2n) is 4.43. The van der Waals surface area contributed by atoms with Crippen LogP contribution in [0.3, 0.4) is 0 Å². The van der Waals surface area contributed by atoms with E-state index in [4.69, 9.17) is 5.73 Å². The zero-order valence-corrected chi connectivity index (χ0v) is 10.5. The number of nitrogens with zero attached hydrogens (tertiary/aromatic N) is 3.